The normalized spacial score (nSPS) is 19.4. The molecule has 2 heterocycles. The van der Waals surface area contributed by atoms with Gasteiger partial charge < -0.3 is 10.1 Å². The summed E-state index contributed by atoms with van der Waals surface area (Å²) < 4.78 is 6.15. The molecule has 0 radical (unpaired) electrons. The number of anilines is 1. The summed E-state index contributed by atoms with van der Waals surface area (Å²) in [6, 6.07) is 0. The first-order chi connectivity index (χ1) is 9.26. The number of aromatic nitrogens is 2. The average molecular weight is 346 g/mol. The van der Waals surface area contributed by atoms with Crippen LogP contribution in [0.1, 0.15) is 43.0 Å². The van der Waals surface area contributed by atoms with Gasteiger partial charge in [-0.3, -0.25) is 0 Å². The number of methoxy groups -OCH3 is 1. The lowest BCUT2D eigenvalue weighted by atomic mass is 10.2. The van der Waals surface area contributed by atoms with Crippen LogP contribution in [-0.4, -0.2) is 29.4 Å². The van der Waals surface area contributed by atoms with Gasteiger partial charge in [-0.05, 0) is 41.4 Å². The molecule has 1 aromatic rings. The second-order valence-electron chi connectivity index (χ2n) is 4.51. The number of hydrogen-bond acceptors (Lipinski definition) is 5. The molecule has 0 saturated carbocycles. The van der Waals surface area contributed by atoms with Crippen molar-refractivity contribution in [2.24, 2.45) is 0 Å². The molecule has 0 spiro atoms. The molecule has 0 aromatic carbocycles. The third-order valence-electron chi connectivity index (χ3n) is 3.03. The molecule has 0 aliphatic carbocycles. The minimum absolute atomic E-state index is 0.426. The summed E-state index contributed by atoms with van der Waals surface area (Å²) in [5, 5.41) is 3.72. The SMILES string of the molecule is CCNc1nc(C2CCCCS2)nc(COC)c1Br. The molecule has 1 aliphatic heterocycles. The molecule has 19 heavy (non-hydrogen) atoms. The smallest absolute Gasteiger partial charge is 0.144 e. The Bertz CT molecular complexity index is 397. The van der Waals surface area contributed by atoms with Crippen molar-refractivity contribution < 1.29 is 4.74 Å². The van der Waals surface area contributed by atoms with Crippen LogP contribution >= 0.6 is 27.7 Å². The van der Waals surface area contributed by atoms with Crippen LogP contribution in [0.3, 0.4) is 0 Å². The highest BCUT2D eigenvalue weighted by atomic mass is 79.9. The first kappa shape index (κ1) is 15.1. The van der Waals surface area contributed by atoms with E-state index in [9.17, 15) is 0 Å². The predicted molar refractivity (Wildman–Crippen MR) is 83.7 cm³/mol. The fraction of sp³-hybridized carbons (Fsp3) is 0.692. The van der Waals surface area contributed by atoms with Crippen LogP contribution in [0.15, 0.2) is 4.47 Å². The van der Waals surface area contributed by atoms with E-state index in [1.165, 1.54) is 25.0 Å². The van der Waals surface area contributed by atoms with Gasteiger partial charge in [-0.25, -0.2) is 9.97 Å². The lowest BCUT2D eigenvalue weighted by Crippen LogP contribution is -2.12. The summed E-state index contributed by atoms with van der Waals surface area (Å²) >= 11 is 5.53. The van der Waals surface area contributed by atoms with E-state index in [1.54, 1.807) is 7.11 Å². The van der Waals surface area contributed by atoms with E-state index in [0.717, 1.165) is 28.4 Å². The first-order valence-corrected chi connectivity index (χ1v) is 8.51. The average Bonchev–Trinajstić information content (AvgIpc) is 2.44. The van der Waals surface area contributed by atoms with Gasteiger partial charge in [0.1, 0.15) is 11.6 Å². The maximum Gasteiger partial charge on any atom is 0.144 e. The minimum atomic E-state index is 0.426. The fourth-order valence-corrected chi connectivity index (χ4v) is 3.79. The Labute approximate surface area is 127 Å². The highest BCUT2D eigenvalue weighted by Crippen LogP contribution is 2.38. The number of nitrogens with zero attached hydrogens (tertiary/aromatic N) is 2. The zero-order valence-corrected chi connectivity index (χ0v) is 13.8. The zero-order chi connectivity index (χ0) is 13.7. The van der Waals surface area contributed by atoms with Crippen molar-refractivity contribution in [2.75, 3.05) is 24.7 Å². The molecule has 0 bridgehead atoms. The van der Waals surface area contributed by atoms with E-state index in [4.69, 9.17) is 4.74 Å². The van der Waals surface area contributed by atoms with Crippen molar-refractivity contribution in [3.8, 4) is 0 Å². The number of ether oxygens (including phenoxy) is 1. The van der Waals surface area contributed by atoms with Crippen LogP contribution in [-0.2, 0) is 11.3 Å². The minimum Gasteiger partial charge on any atom is -0.378 e. The van der Waals surface area contributed by atoms with Gasteiger partial charge in [-0.2, -0.15) is 11.8 Å². The standard InChI is InChI=1S/C13H20BrN3OS/c1-3-15-13-11(14)9(8-18-2)16-12(17-13)10-6-4-5-7-19-10/h10H,3-8H2,1-2H3,(H,15,16,17). The maximum absolute atomic E-state index is 5.23. The molecule has 1 aromatic heterocycles. The number of rotatable bonds is 5. The van der Waals surface area contributed by atoms with E-state index in [0.29, 0.717) is 11.9 Å². The zero-order valence-electron chi connectivity index (χ0n) is 11.4. The summed E-state index contributed by atoms with van der Waals surface area (Å²) in [5.74, 6) is 3.03. The number of hydrogen-bond donors (Lipinski definition) is 1. The van der Waals surface area contributed by atoms with E-state index < -0.39 is 0 Å². The highest BCUT2D eigenvalue weighted by Gasteiger charge is 2.21. The van der Waals surface area contributed by atoms with Gasteiger partial charge >= 0.3 is 0 Å². The van der Waals surface area contributed by atoms with Crippen LogP contribution < -0.4 is 5.32 Å². The molecule has 0 amide bonds. The molecule has 1 unspecified atom stereocenters. The van der Waals surface area contributed by atoms with Gasteiger partial charge in [-0.15, -0.1) is 0 Å². The van der Waals surface area contributed by atoms with E-state index >= 15 is 0 Å². The van der Waals surface area contributed by atoms with Crippen LogP contribution in [0.5, 0.6) is 0 Å². The monoisotopic (exact) mass is 345 g/mol. The van der Waals surface area contributed by atoms with E-state index in [-0.39, 0.29) is 0 Å². The number of halogens is 1. The van der Waals surface area contributed by atoms with Gasteiger partial charge in [0, 0.05) is 13.7 Å². The second kappa shape index (κ2) is 7.45. The Morgan fingerprint density at radius 2 is 2.26 bits per heavy atom. The van der Waals surface area contributed by atoms with Gasteiger partial charge in [0.2, 0.25) is 0 Å². The van der Waals surface area contributed by atoms with E-state index in [2.05, 4.69) is 38.1 Å². The van der Waals surface area contributed by atoms with Crippen LogP contribution in [0, 0.1) is 0 Å². The molecule has 1 fully saturated rings. The Balaban J connectivity index is 2.30. The van der Waals surface area contributed by atoms with E-state index in [1.807, 2.05) is 11.8 Å². The Hall–Kier alpha value is -0.330. The Morgan fingerprint density at radius 3 is 2.89 bits per heavy atom. The molecule has 4 nitrogen and oxygen atoms in total. The molecule has 1 N–H and O–H groups in total. The lowest BCUT2D eigenvalue weighted by Gasteiger charge is -2.21. The van der Waals surface area contributed by atoms with Crippen molar-refractivity contribution in [2.45, 2.75) is 38.0 Å². The summed E-state index contributed by atoms with van der Waals surface area (Å²) in [6.07, 6.45) is 3.75. The quantitative estimate of drug-likeness (QED) is 0.879. The maximum atomic E-state index is 5.23. The molecular weight excluding hydrogens is 326 g/mol. The summed E-state index contributed by atoms with van der Waals surface area (Å²) in [6.45, 7) is 3.42. The first-order valence-electron chi connectivity index (χ1n) is 6.67. The van der Waals surface area contributed by atoms with Crippen LogP contribution in [0.25, 0.3) is 0 Å². The Morgan fingerprint density at radius 1 is 1.42 bits per heavy atom. The Kier molecular flexibility index (Phi) is 5.91. The number of nitrogens with one attached hydrogen (secondary N) is 1. The lowest BCUT2D eigenvalue weighted by molar-refractivity contribution is 0.180. The third-order valence-corrected chi connectivity index (χ3v) is 5.24. The topological polar surface area (TPSA) is 47.0 Å². The van der Waals surface area contributed by atoms with Gasteiger partial charge in [0.15, 0.2) is 0 Å². The van der Waals surface area contributed by atoms with Crippen molar-refractivity contribution in [3.05, 3.63) is 16.0 Å². The predicted octanol–water partition coefficient (Wildman–Crippen LogP) is 3.78. The summed E-state index contributed by atoms with van der Waals surface area (Å²) in [4.78, 5) is 9.37. The third kappa shape index (κ3) is 3.83. The fourth-order valence-electron chi connectivity index (χ4n) is 2.12. The van der Waals surface area contributed by atoms with Crippen molar-refractivity contribution >= 4 is 33.5 Å². The largest absolute Gasteiger partial charge is 0.378 e. The summed E-state index contributed by atoms with van der Waals surface area (Å²) in [5.41, 5.74) is 0.926. The van der Waals surface area contributed by atoms with Crippen LogP contribution in [0.2, 0.25) is 0 Å². The molecule has 1 atom stereocenters. The van der Waals surface area contributed by atoms with Crippen molar-refractivity contribution in [1.29, 1.82) is 0 Å². The second-order valence-corrected chi connectivity index (χ2v) is 6.61. The van der Waals surface area contributed by atoms with Crippen molar-refractivity contribution in [3.63, 3.8) is 0 Å². The van der Waals surface area contributed by atoms with Crippen molar-refractivity contribution in [1.82, 2.24) is 9.97 Å². The molecule has 1 aliphatic rings. The molecule has 2 rings (SSSR count). The van der Waals surface area contributed by atoms with Gasteiger partial charge in [0.05, 0.1) is 22.0 Å². The van der Waals surface area contributed by atoms with Gasteiger partial charge in [0.25, 0.3) is 0 Å². The molecular formula is C13H20BrN3OS. The molecule has 6 heteroatoms. The molecule has 1 saturated heterocycles. The van der Waals surface area contributed by atoms with Gasteiger partial charge in [-0.1, -0.05) is 6.42 Å². The van der Waals surface area contributed by atoms with Crippen LogP contribution in [0.4, 0.5) is 5.82 Å². The number of thioether (sulfide) groups is 1. The molecule has 106 valence electrons. The highest BCUT2D eigenvalue weighted by molar-refractivity contribution is 9.10. The summed E-state index contributed by atoms with van der Waals surface area (Å²) in [7, 11) is 1.69.